The van der Waals surface area contributed by atoms with Crippen molar-refractivity contribution in [3.8, 4) is 11.3 Å². The van der Waals surface area contributed by atoms with Gasteiger partial charge < -0.3 is 14.7 Å². The molecule has 0 saturated carbocycles. The van der Waals surface area contributed by atoms with Crippen molar-refractivity contribution >= 4 is 17.1 Å². The molecule has 0 saturated heterocycles. The molecule has 0 fully saturated rings. The molecule has 1 aromatic carbocycles. The van der Waals surface area contributed by atoms with Crippen LogP contribution in [0.25, 0.3) is 11.3 Å². The van der Waals surface area contributed by atoms with Crippen molar-refractivity contribution in [1.82, 2.24) is 4.98 Å². The molecule has 112 valence electrons. The van der Waals surface area contributed by atoms with Crippen molar-refractivity contribution in [1.29, 1.82) is 0 Å². The van der Waals surface area contributed by atoms with Crippen LogP contribution in [0.5, 0.6) is 0 Å². The van der Waals surface area contributed by atoms with E-state index in [2.05, 4.69) is 72.1 Å². The fourth-order valence-electron chi connectivity index (χ4n) is 2.41. The van der Waals surface area contributed by atoms with Crippen LogP contribution in [0, 0.1) is 0 Å². The highest BCUT2D eigenvalue weighted by molar-refractivity contribution is 5.87. The van der Waals surface area contributed by atoms with E-state index in [0.717, 1.165) is 16.9 Å². The average molecular weight is 284 g/mol. The second kappa shape index (κ2) is 6.04. The Labute approximate surface area is 127 Å². The molecule has 2 aromatic rings. The monoisotopic (exact) mass is 284 g/mol. The molecule has 0 bridgehead atoms. The standard InChI is InChI=1S/C17H24N4/c1-19(2)13-10-11-18-15(12-13)14-8-7-9-16(20(3)4)17(14)21(5)6/h7-12H,1-6H3. The molecule has 0 aliphatic heterocycles. The van der Waals surface area contributed by atoms with E-state index >= 15 is 0 Å². The summed E-state index contributed by atoms with van der Waals surface area (Å²) in [5.41, 5.74) is 5.67. The topological polar surface area (TPSA) is 22.6 Å². The zero-order valence-corrected chi connectivity index (χ0v) is 13.8. The van der Waals surface area contributed by atoms with Crippen molar-refractivity contribution in [2.24, 2.45) is 0 Å². The number of rotatable bonds is 4. The summed E-state index contributed by atoms with van der Waals surface area (Å²) in [6.45, 7) is 0. The van der Waals surface area contributed by atoms with Crippen LogP contribution < -0.4 is 14.7 Å². The fourth-order valence-corrected chi connectivity index (χ4v) is 2.41. The summed E-state index contributed by atoms with van der Waals surface area (Å²) < 4.78 is 0. The number of hydrogen-bond donors (Lipinski definition) is 0. The van der Waals surface area contributed by atoms with Gasteiger partial charge in [-0.2, -0.15) is 0 Å². The zero-order valence-electron chi connectivity index (χ0n) is 13.8. The summed E-state index contributed by atoms with van der Waals surface area (Å²) in [5, 5.41) is 0. The first-order valence-electron chi connectivity index (χ1n) is 7.03. The van der Waals surface area contributed by atoms with Gasteiger partial charge in [-0.1, -0.05) is 12.1 Å². The molecule has 1 aromatic heterocycles. The van der Waals surface area contributed by atoms with Gasteiger partial charge in [0.2, 0.25) is 0 Å². The summed E-state index contributed by atoms with van der Waals surface area (Å²) >= 11 is 0. The number of pyridine rings is 1. The molecule has 0 atom stereocenters. The van der Waals surface area contributed by atoms with E-state index in [1.165, 1.54) is 11.4 Å². The highest BCUT2D eigenvalue weighted by Crippen LogP contribution is 2.37. The maximum Gasteiger partial charge on any atom is 0.0744 e. The minimum atomic E-state index is 0.994. The van der Waals surface area contributed by atoms with Gasteiger partial charge in [-0.15, -0.1) is 0 Å². The van der Waals surface area contributed by atoms with Gasteiger partial charge in [-0.3, -0.25) is 4.98 Å². The first-order chi connectivity index (χ1) is 9.91. The van der Waals surface area contributed by atoms with Crippen LogP contribution in [0.1, 0.15) is 0 Å². The Kier molecular flexibility index (Phi) is 4.36. The normalized spacial score (nSPS) is 10.4. The van der Waals surface area contributed by atoms with Gasteiger partial charge in [-0.25, -0.2) is 0 Å². The molecule has 0 radical (unpaired) electrons. The summed E-state index contributed by atoms with van der Waals surface area (Å²) in [6, 6.07) is 10.5. The molecule has 0 aliphatic rings. The maximum atomic E-state index is 4.56. The molecule has 2 rings (SSSR count). The van der Waals surface area contributed by atoms with E-state index in [0.29, 0.717) is 0 Å². The number of nitrogens with zero attached hydrogens (tertiary/aromatic N) is 4. The van der Waals surface area contributed by atoms with Crippen LogP contribution in [-0.4, -0.2) is 47.3 Å². The van der Waals surface area contributed by atoms with E-state index < -0.39 is 0 Å². The van der Waals surface area contributed by atoms with Crippen LogP contribution in [0.3, 0.4) is 0 Å². The number of para-hydroxylation sites is 1. The van der Waals surface area contributed by atoms with Crippen molar-refractivity contribution in [3.05, 3.63) is 36.5 Å². The SMILES string of the molecule is CN(C)c1ccnc(-c2cccc(N(C)C)c2N(C)C)c1. The van der Waals surface area contributed by atoms with E-state index in [1.807, 2.05) is 26.4 Å². The van der Waals surface area contributed by atoms with Crippen molar-refractivity contribution in [2.75, 3.05) is 57.0 Å². The van der Waals surface area contributed by atoms with Gasteiger partial charge in [0.25, 0.3) is 0 Å². The predicted molar refractivity (Wildman–Crippen MR) is 92.7 cm³/mol. The average Bonchev–Trinajstić information content (AvgIpc) is 2.46. The molecule has 0 spiro atoms. The minimum Gasteiger partial charge on any atom is -0.378 e. The molecule has 4 heteroatoms. The lowest BCUT2D eigenvalue weighted by Gasteiger charge is -2.25. The van der Waals surface area contributed by atoms with E-state index in [1.54, 1.807) is 0 Å². The predicted octanol–water partition coefficient (Wildman–Crippen LogP) is 2.95. The molecule has 4 nitrogen and oxygen atoms in total. The third-order valence-electron chi connectivity index (χ3n) is 3.48. The van der Waals surface area contributed by atoms with Crippen LogP contribution in [-0.2, 0) is 0 Å². The Morgan fingerprint density at radius 1 is 0.810 bits per heavy atom. The largest absolute Gasteiger partial charge is 0.378 e. The van der Waals surface area contributed by atoms with Crippen molar-refractivity contribution in [3.63, 3.8) is 0 Å². The number of benzene rings is 1. The van der Waals surface area contributed by atoms with Crippen LogP contribution in [0.15, 0.2) is 36.5 Å². The highest BCUT2D eigenvalue weighted by Gasteiger charge is 2.14. The molecular weight excluding hydrogens is 260 g/mol. The number of anilines is 3. The third kappa shape index (κ3) is 3.10. The zero-order chi connectivity index (χ0) is 15.6. The quantitative estimate of drug-likeness (QED) is 0.861. The minimum absolute atomic E-state index is 0.994. The molecular formula is C17H24N4. The molecule has 0 unspecified atom stereocenters. The lowest BCUT2D eigenvalue weighted by atomic mass is 10.1. The molecule has 0 amide bonds. The lowest BCUT2D eigenvalue weighted by Crippen LogP contribution is -2.17. The second-order valence-corrected chi connectivity index (χ2v) is 5.76. The lowest BCUT2D eigenvalue weighted by molar-refractivity contribution is 1.07. The summed E-state index contributed by atoms with van der Waals surface area (Å²) in [6.07, 6.45) is 1.87. The Morgan fingerprint density at radius 2 is 1.52 bits per heavy atom. The Bertz CT molecular complexity index is 618. The van der Waals surface area contributed by atoms with Crippen LogP contribution in [0.2, 0.25) is 0 Å². The molecule has 21 heavy (non-hydrogen) atoms. The van der Waals surface area contributed by atoms with Gasteiger partial charge in [-0.05, 0) is 18.2 Å². The van der Waals surface area contributed by atoms with Crippen LogP contribution in [0.4, 0.5) is 17.1 Å². The van der Waals surface area contributed by atoms with Crippen molar-refractivity contribution in [2.45, 2.75) is 0 Å². The van der Waals surface area contributed by atoms with E-state index in [9.17, 15) is 0 Å². The smallest absolute Gasteiger partial charge is 0.0744 e. The van der Waals surface area contributed by atoms with Gasteiger partial charge in [0.05, 0.1) is 17.1 Å². The van der Waals surface area contributed by atoms with Gasteiger partial charge >= 0.3 is 0 Å². The molecule has 0 aliphatic carbocycles. The number of aromatic nitrogens is 1. The van der Waals surface area contributed by atoms with Crippen LogP contribution >= 0.6 is 0 Å². The Balaban J connectivity index is 2.63. The number of hydrogen-bond acceptors (Lipinski definition) is 4. The maximum absolute atomic E-state index is 4.56. The van der Waals surface area contributed by atoms with Gasteiger partial charge in [0.1, 0.15) is 0 Å². The van der Waals surface area contributed by atoms with Gasteiger partial charge in [0, 0.05) is 59.7 Å². The fraction of sp³-hybridized carbons (Fsp3) is 0.353. The first kappa shape index (κ1) is 15.2. The molecule has 0 N–H and O–H groups in total. The summed E-state index contributed by atoms with van der Waals surface area (Å²) in [7, 11) is 12.4. The highest BCUT2D eigenvalue weighted by atomic mass is 15.1. The van der Waals surface area contributed by atoms with Gasteiger partial charge in [0.15, 0.2) is 0 Å². The summed E-state index contributed by atoms with van der Waals surface area (Å²) in [5.74, 6) is 0. The molecule has 1 heterocycles. The van der Waals surface area contributed by atoms with Crippen molar-refractivity contribution < 1.29 is 0 Å². The van der Waals surface area contributed by atoms with E-state index in [-0.39, 0.29) is 0 Å². The Hall–Kier alpha value is -2.23. The second-order valence-electron chi connectivity index (χ2n) is 5.76. The Morgan fingerprint density at radius 3 is 2.10 bits per heavy atom. The summed E-state index contributed by atoms with van der Waals surface area (Å²) in [4.78, 5) is 10.9. The first-order valence-corrected chi connectivity index (χ1v) is 7.03. The van der Waals surface area contributed by atoms with E-state index in [4.69, 9.17) is 0 Å². The third-order valence-corrected chi connectivity index (χ3v) is 3.48.